The van der Waals surface area contributed by atoms with Gasteiger partial charge in [0.2, 0.25) is 0 Å². The predicted octanol–water partition coefficient (Wildman–Crippen LogP) is 3.17. The van der Waals surface area contributed by atoms with E-state index in [0.29, 0.717) is 6.04 Å². The Hall–Kier alpha value is -0.590. The van der Waals surface area contributed by atoms with Gasteiger partial charge in [-0.3, -0.25) is 5.32 Å². The third kappa shape index (κ3) is 5.81. The first-order valence-electron chi connectivity index (χ1n) is 8.42. The molecule has 0 heterocycles. The van der Waals surface area contributed by atoms with Gasteiger partial charge in [0.1, 0.15) is 5.54 Å². The molecule has 114 valence electrons. The van der Waals surface area contributed by atoms with E-state index in [2.05, 4.69) is 30.1 Å². The van der Waals surface area contributed by atoms with Crippen molar-refractivity contribution < 1.29 is 0 Å². The maximum Gasteiger partial charge on any atom is 0.104 e. The minimum Gasteiger partial charge on any atom is -0.303 e. The van der Waals surface area contributed by atoms with E-state index >= 15 is 0 Å². The molecule has 2 aliphatic carbocycles. The highest BCUT2D eigenvalue weighted by Crippen LogP contribution is 2.33. The van der Waals surface area contributed by atoms with Crippen molar-refractivity contribution >= 4 is 0 Å². The van der Waals surface area contributed by atoms with Gasteiger partial charge in [-0.15, -0.1) is 0 Å². The molecule has 0 aromatic carbocycles. The molecule has 0 aliphatic heterocycles. The first kappa shape index (κ1) is 15.8. The van der Waals surface area contributed by atoms with Gasteiger partial charge in [-0.25, -0.2) is 0 Å². The molecule has 20 heavy (non-hydrogen) atoms. The molecule has 2 rings (SSSR count). The van der Waals surface area contributed by atoms with Crippen molar-refractivity contribution in [2.45, 2.75) is 70.9 Å². The van der Waals surface area contributed by atoms with Gasteiger partial charge in [0.05, 0.1) is 6.07 Å². The molecule has 2 saturated carbocycles. The molecule has 1 N–H and O–H groups in total. The first-order chi connectivity index (χ1) is 9.50. The Morgan fingerprint density at radius 1 is 1.20 bits per heavy atom. The number of hydrogen-bond donors (Lipinski definition) is 1. The second-order valence-electron chi connectivity index (χ2n) is 7.49. The van der Waals surface area contributed by atoms with Crippen LogP contribution in [0.2, 0.25) is 0 Å². The van der Waals surface area contributed by atoms with E-state index in [9.17, 15) is 5.26 Å². The van der Waals surface area contributed by atoms with E-state index in [1.165, 1.54) is 45.3 Å². The van der Waals surface area contributed by atoms with Crippen molar-refractivity contribution in [2.24, 2.45) is 11.8 Å². The average molecular weight is 277 g/mol. The molecule has 0 bridgehead atoms. The van der Waals surface area contributed by atoms with Crippen molar-refractivity contribution in [3.8, 4) is 6.07 Å². The maximum absolute atomic E-state index is 9.38. The number of nitriles is 1. The summed E-state index contributed by atoms with van der Waals surface area (Å²) in [5.41, 5.74) is -0.362. The lowest BCUT2D eigenvalue weighted by molar-refractivity contribution is 0.237. The van der Waals surface area contributed by atoms with Gasteiger partial charge < -0.3 is 4.90 Å². The Balaban J connectivity index is 1.71. The zero-order valence-electron chi connectivity index (χ0n) is 13.5. The molecule has 0 saturated heterocycles. The summed E-state index contributed by atoms with van der Waals surface area (Å²) in [5, 5.41) is 12.8. The summed E-state index contributed by atoms with van der Waals surface area (Å²) in [6, 6.07) is 2.83. The van der Waals surface area contributed by atoms with E-state index in [1.54, 1.807) is 0 Å². The lowest BCUT2D eigenvalue weighted by Crippen LogP contribution is -2.45. The second-order valence-corrected chi connectivity index (χ2v) is 7.49. The van der Waals surface area contributed by atoms with Gasteiger partial charge in [-0.2, -0.15) is 5.26 Å². The maximum atomic E-state index is 9.38. The molecular weight excluding hydrogens is 246 g/mol. The molecule has 3 nitrogen and oxygen atoms in total. The van der Waals surface area contributed by atoms with Crippen LogP contribution in [-0.4, -0.2) is 36.1 Å². The molecule has 0 spiro atoms. The highest BCUT2D eigenvalue weighted by molar-refractivity contribution is 5.04. The Labute approximate surface area is 124 Å². The molecule has 2 aliphatic rings. The van der Waals surface area contributed by atoms with Crippen molar-refractivity contribution in [1.82, 2.24) is 10.2 Å². The first-order valence-corrected chi connectivity index (χ1v) is 8.42. The van der Waals surface area contributed by atoms with E-state index in [1.807, 2.05) is 6.92 Å². The Bertz CT molecular complexity index is 325. The van der Waals surface area contributed by atoms with Crippen LogP contribution in [0.5, 0.6) is 0 Å². The van der Waals surface area contributed by atoms with Crippen LogP contribution >= 0.6 is 0 Å². The highest BCUT2D eigenvalue weighted by atomic mass is 15.1. The molecule has 1 unspecified atom stereocenters. The number of rotatable bonds is 10. The highest BCUT2D eigenvalue weighted by Gasteiger charge is 2.30. The van der Waals surface area contributed by atoms with E-state index in [4.69, 9.17) is 0 Å². The fraction of sp³-hybridized carbons (Fsp3) is 0.941. The molecule has 3 heteroatoms. The van der Waals surface area contributed by atoms with Crippen LogP contribution in [0.1, 0.15) is 59.3 Å². The second kappa shape index (κ2) is 6.91. The summed E-state index contributed by atoms with van der Waals surface area (Å²) in [5.74, 6) is 1.95. The monoisotopic (exact) mass is 277 g/mol. The van der Waals surface area contributed by atoms with Gasteiger partial charge in [0.15, 0.2) is 0 Å². The van der Waals surface area contributed by atoms with Gasteiger partial charge in [-0.05, 0) is 77.7 Å². The van der Waals surface area contributed by atoms with Gasteiger partial charge >= 0.3 is 0 Å². The molecule has 0 amide bonds. The summed E-state index contributed by atoms with van der Waals surface area (Å²) in [7, 11) is 0. The SMILES string of the molecule is CC(C)NC(C)(C#N)CCCN(CC1CC1)CC1CC1. The van der Waals surface area contributed by atoms with Crippen LogP contribution in [0.25, 0.3) is 0 Å². The Morgan fingerprint density at radius 2 is 1.75 bits per heavy atom. The van der Waals surface area contributed by atoms with E-state index in [-0.39, 0.29) is 5.54 Å². The van der Waals surface area contributed by atoms with Crippen molar-refractivity contribution in [3.63, 3.8) is 0 Å². The van der Waals surface area contributed by atoms with Crippen LogP contribution in [0.4, 0.5) is 0 Å². The Morgan fingerprint density at radius 3 is 2.15 bits per heavy atom. The topological polar surface area (TPSA) is 39.1 Å². The molecular formula is C17H31N3. The largest absolute Gasteiger partial charge is 0.303 e. The quantitative estimate of drug-likeness (QED) is 0.666. The summed E-state index contributed by atoms with van der Waals surface area (Å²) in [6.07, 6.45) is 7.83. The molecule has 0 aromatic rings. The molecule has 2 fully saturated rings. The van der Waals surface area contributed by atoms with Gasteiger partial charge in [0.25, 0.3) is 0 Å². The number of hydrogen-bond acceptors (Lipinski definition) is 3. The third-order valence-corrected chi connectivity index (χ3v) is 4.43. The standard InChI is InChI=1S/C17H31N3/c1-14(2)19-17(3,13-18)9-4-10-20(11-15-5-6-15)12-16-7-8-16/h14-16,19H,4-12H2,1-3H3. The van der Waals surface area contributed by atoms with Crippen LogP contribution < -0.4 is 5.32 Å². The summed E-state index contributed by atoms with van der Waals surface area (Å²) in [4.78, 5) is 2.67. The lowest BCUT2D eigenvalue weighted by atomic mass is 9.96. The summed E-state index contributed by atoms with van der Waals surface area (Å²) >= 11 is 0. The average Bonchev–Trinajstić information content (AvgIpc) is 3.24. The van der Waals surface area contributed by atoms with Crippen LogP contribution in [0, 0.1) is 23.2 Å². The minimum absolute atomic E-state index is 0.362. The van der Waals surface area contributed by atoms with Crippen molar-refractivity contribution in [1.29, 1.82) is 5.26 Å². The summed E-state index contributed by atoms with van der Waals surface area (Å²) in [6.45, 7) is 10.0. The predicted molar refractivity (Wildman–Crippen MR) is 83.4 cm³/mol. The molecule has 0 radical (unpaired) electrons. The Kier molecular flexibility index (Phi) is 5.46. The lowest BCUT2D eigenvalue weighted by Gasteiger charge is -2.28. The van der Waals surface area contributed by atoms with Crippen molar-refractivity contribution in [3.05, 3.63) is 0 Å². The smallest absolute Gasteiger partial charge is 0.104 e. The molecule has 0 aromatic heterocycles. The molecule has 1 atom stereocenters. The van der Waals surface area contributed by atoms with Crippen LogP contribution in [0.15, 0.2) is 0 Å². The zero-order valence-corrected chi connectivity index (χ0v) is 13.5. The number of nitrogens with zero attached hydrogens (tertiary/aromatic N) is 2. The van der Waals surface area contributed by atoms with E-state index in [0.717, 1.165) is 24.7 Å². The minimum atomic E-state index is -0.362. The van der Waals surface area contributed by atoms with Crippen molar-refractivity contribution in [2.75, 3.05) is 19.6 Å². The zero-order chi connectivity index (χ0) is 14.6. The van der Waals surface area contributed by atoms with Crippen LogP contribution in [-0.2, 0) is 0 Å². The van der Waals surface area contributed by atoms with E-state index < -0.39 is 0 Å². The van der Waals surface area contributed by atoms with Gasteiger partial charge in [-0.1, -0.05) is 0 Å². The normalized spacial score (nSPS) is 22.0. The van der Waals surface area contributed by atoms with Crippen LogP contribution in [0.3, 0.4) is 0 Å². The summed E-state index contributed by atoms with van der Waals surface area (Å²) < 4.78 is 0. The fourth-order valence-electron chi connectivity index (χ4n) is 3.04. The fourth-order valence-corrected chi connectivity index (χ4v) is 3.04. The third-order valence-electron chi connectivity index (χ3n) is 4.43. The number of nitrogens with one attached hydrogen (secondary N) is 1. The van der Waals surface area contributed by atoms with Gasteiger partial charge in [0, 0.05) is 19.1 Å².